The molecule has 3 aliphatic rings. The highest BCUT2D eigenvalue weighted by Gasteiger charge is 2.40. The maximum atomic E-state index is 5.63. The van der Waals surface area contributed by atoms with Crippen LogP contribution in [0.15, 0.2) is 100 Å². The third-order valence-electron chi connectivity index (χ3n) is 7.27. The van der Waals surface area contributed by atoms with E-state index in [1.165, 1.54) is 16.7 Å². The molecule has 192 valence electrons. The Labute approximate surface area is 228 Å². The summed E-state index contributed by atoms with van der Waals surface area (Å²) in [5.74, 6) is 2.57. The number of ether oxygens (including phenoxy) is 3. The number of aliphatic imine (C=N–C) groups is 1. The van der Waals surface area contributed by atoms with Crippen LogP contribution in [-0.2, 0) is 0 Å². The molecule has 3 aromatic rings. The maximum Gasteiger partial charge on any atom is 0.174 e. The Morgan fingerprint density at radius 1 is 0.842 bits per heavy atom. The molecule has 0 radical (unpaired) electrons. The van der Waals surface area contributed by atoms with Crippen molar-refractivity contribution >= 4 is 28.7 Å². The third-order valence-corrected chi connectivity index (χ3v) is 8.11. The zero-order valence-corrected chi connectivity index (χ0v) is 22.6. The van der Waals surface area contributed by atoms with E-state index in [1.807, 2.05) is 30.3 Å². The fourth-order valence-electron chi connectivity index (χ4n) is 5.43. The molecule has 6 heteroatoms. The van der Waals surface area contributed by atoms with Gasteiger partial charge in [0.1, 0.15) is 17.2 Å². The molecule has 0 spiro atoms. The van der Waals surface area contributed by atoms with Crippen LogP contribution in [0.4, 0.5) is 0 Å². The number of nitrogens with zero attached hydrogens (tertiary/aromatic N) is 2. The molecule has 6 rings (SSSR count). The lowest BCUT2D eigenvalue weighted by Gasteiger charge is -2.40. The number of thioether (sulfide) groups is 1. The van der Waals surface area contributed by atoms with Crippen molar-refractivity contribution < 1.29 is 14.2 Å². The minimum absolute atomic E-state index is 0.0324. The fraction of sp³-hybridized carbons (Fsp3) is 0.219. The van der Waals surface area contributed by atoms with E-state index >= 15 is 0 Å². The summed E-state index contributed by atoms with van der Waals surface area (Å²) in [7, 11) is 5.13. The van der Waals surface area contributed by atoms with Crippen LogP contribution in [0.5, 0.6) is 17.2 Å². The van der Waals surface area contributed by atoms with Crippen LogP contribution in [0.1, 0.15) is 42.0 Å². The molecule has 0 bridgehead atoms. The fourth-order valence-corrected chi connectivity index (χ4v) is 6.36. The molecule has 0 saturated carbocycles. The zero-order valence-electron chi connectivity index (χ0n) is 21.8. The molecule has 5 nitrogen and oxygen atoms in total. The smallest absolute Gasteiger partial charge is 0.174 e. The molecule has 3 aromatic carbocycles. The van der Waals surface area contributed by atoms with Crippen LogP contribution in [0.25, 0.3) is 11.8 Å². The molecule has 0 amide bonds. The monoisotopic (exact) mass is 522 g/mol. The molecule has 0 unspecified atom stereocenters. The summed E-state index contributed by atoms with van der Waals surface area (Å²) in [6.45, 7) is 0. The highest BCUT2D eigenvalue weighted by atomic mass is 32.2. The summed E-state index contributed by atoms with van der Waals surface area (Å²) >= 11 is 1.69. The first kappa shape index (κ1) is 24.4. The van der Waals surface area contributed by atoms with Gasteiger partial charge in [-0.3, -0.25) is 0 Å². The normalized spacial score (nSPS) is 19.5. The average molecular weight is 523 g/mol. The van der Waals surface area contributed by atoms with Crippen molar-refractivity contribution in [3.63, 3.8) is 0 Å². The van der Waals surface area contributed by atoms with E-state index in [9.17, 15) is 0 Å². The summed E-state index contributed by atoms with van der Waals surface area (Å²) in [6, 6.07) is 25.0. The molecule has 1 atom stereocenters. The van der Waals surface area contributed by atoms with Gasteiger partial charge >= 0.3 is 0 Å². The van der Waals surface area contributed by atoms with Crippen molar-refractivity contribution in [3.05, 3.63) is 112 Å². The van der Waals surface area contributed by atoms with Crippen molar-refractivity contribution in [1.82, 2.24) is 4.90 Å². The Hall–Kier alpha value is -3.90. The predicted molar refractivity (Wildman–Crippen MR) is 155 cm³/mol. The van der Waals surface area contributed by atoms with E-state index < -0.39 is 0 Å². The Morgan fingerprint density at radius 3 is 2.34 bits per heavy atom. The second-order valence-corrected chi connectivity index (χ2v) is 10.3. The lowest BCUT2D eigenvalue weighted by Crippen LogP contribution is -2.34. The number of hydrogen-bond donors (Lipinski definition) is 0. The molecular weight excluding hydrogens is 492 g/mol. The van der Waals surface area contributed by atoms with E-state index in [2.05, 4.69) is 58.8 Å². The molecule has 2 aliphatic heterocycles. The first-order valence-electron chi connectivity index (χ1n) is 12.8. The van der Waals surface area contributed by atoms with Crippen LogP contribution in [0.3, 0.4) is 0 Å². The van der Waals surface area contributed by atoms with E-state index in [0.29, 0.717) is 0 Å². The van der Waals surface area contributed by atoms with Gasteiger partial charge in [-0.15, -0.1) is 0 Å². The van der Waals surface area contributed by atoms with Gasteiger partial charge in [-0.2, -0.15) is 0 Å². The zero-order chi connectivity index (χ0) is 26.1. The summed E-state index contributed by atoms with van der Waals surface area (Å²) in [4.78, 5) is 7.69. The summed E-state index contributed by atoms with van der Waals surface area (Å²) < 4.78 is 16.5. The number of amidine groups is 1. The predicted octanol–water partition coefficient (Wildman–Crippen LogP) is 7.69. The highest BCUT2D eigenvalue weighted by molar-refractivity contribution is 8.16. The molecule has 2 heterocycles. The molecule has 0 N–H and O–H groups in total. The van der Waals surface area contributed by atoms with Crippen LogP contribution in [0.2, 0.25) is 0 Å². The van der Waals surface area contributed by atoms with Crippen LogP contribution in [0, 0.1) is 0 Å². The van der Waals surface area contributed by atoms with Crippen LogP contribution >= 0.6 is 11.8 Å². The van der Waals surface area contributed by atoms with Gasteiger partial charge in [0, 0.05) is 5.41 Å². The van der Waals surface area contributed by atoms with Crippen molar-refractivity contribution in [3.8, 4) is 17.2 Å². The lowest BCUT2D eigenvalue weighted by molar-refractivity contribution is 0.410. The van der Waals surface area contributed by atoms with Gasteiger partial charge in [0.05, 0.1) is 38.8 Å². The topological polar surface area (TPSA) is 43.3 Å². The van der Waals surface area contributed by atoms with E-state index in [-0.39, 0.29) is 6.04 Å². The molecule has 38 heavy (non-hydrogen) atoms. The molecular formula is C32H30N2O3S. The van der Waals surface area contributed by atoms with Gasteiger partial charge in [0.25, 0.3) is 0 Å². The average Bonchev–Trinajstić information content (AvgIpc) is 3.40. The number of benzene rings is 3. The van der Waals surface area contributed by atoms with E-state index in [0.717, 1.165) is 64.2 Å². The summed E-state index contributed by atoms with van der Waals surface area (Å²) in [5, 5.41) is 3.22. The molecule has 0 saturated heterocycles. The Morgan fingerprint density at radius 2 is 1.58 bits per heavy atom. The Balaban J connectivity index is 1.48. The van der Waals surface area contributed by atoms with Gasteiger partial charge < -0.3 is 19.1 Å². The maximum absolute atomic E-state index is 5.63. The Kier molecular flexibility index (Phi) is 6.73. The molecule has 0 aromatic heterocycles. The number of fused-ring (bicyclic) bond motifs is 1. The first-order valence-corrected chi connectivity index (χ1v) is 13.7. The first-order chi connectivity index (χ1) is 18.7. The number of hydrogen-bond acceptors (Lipinski definition) is 6. The van der Waals surface area contributed by atoms with Crippen LogP contribution in [-0.4, -0.2) is 31.4 Å². The SMILES string of the molecule is COc1ccc(C2=CSC3=NC4=C(CCC/C4=C\c4cccc(OC)c4)[C@H](c4cccc(OC)c4)N23)cc1. The van der Waals surface area contributed by atoms with Crippen molar-refractivity contribution in [2.24, 2.45) is 4.99 Å². The van der Waals surface area contributed by atoms with Gasteiger partial charge in [-0.05, 0) is 102 Å². The second kappa shape index (κ2) is 10.5. The van der Waals surface area contributed by atoms with Crippen molar-refractivity contribution in [2.45, 2.75) is 25.3 Å². The molecule has 1 aliphatic carbocycles. The van der Waals surface area contributed by atoms with Gasteiger partial charge in [0.2, 0.25) is 0 Å². The second-order valence-electron chi connectivity index (χ2n) is 9.47. The largest absolute Gasteiger partial charge is 0.497 e. The summed E-state index contributed by atoms with van der Waals surface area (Å²) in [5.41, 5.74) is 8.37. The quantitative estimate of drug-likeness (QED) is 0.332. The minimum atomic E-state index is 0.0324. The minimum Gasteiger partial charge on any atom is -0.497 e. The van der Waals surface area contributed by atoms with Gasteiger partial charge in [-0.25, -0.2) is 4.99 Å². The van der Waals surface area contributed by atoms with E-state index in [1.54, 1.807) is 33.1 Å². The Bertz CT molecular complexity index is 1490. The van der Waals surface area contributed by atoms with Gasteiger partial charge in [-0.1, -0.05) is 36.0 Å². The number of allylic oxidation sites excluding steroid dienone is 1. The van der Waals surface area contributed by atoms with Gasteiger partial charge in [0.15, 0.2) is 5.17 Å². The standard InChI is InChI=1S/C32H30N2O3S/c1-35-25-15-13-22(14-16-25)29-20-38-32-33-30-23(17-21-7-4-10-26(18-21)36-2)8-6-12-28(30)31(34(29)32)24-9-5-11-27(19-24)37-3/h4-5,7,9-11,13-20,31H,6,8,12H2,1-3H3/b23-17+/t31-/m0/s1. The third kappa shape index (κ3) is 4.50. The van der Waals surface area contributed by atoms with Crippen molar-refractivity contribution in [1.29, 1.82) is 0 Å². The lowest BCUT2D eigenvalue weighted by atomic mass is 9.82. The van der Waals surface area contributed by atoms with Crippen molar-refractivity contribution in [2.75, 3.05) is 21.3 Å². The number of rotatable bonds is 6. The van der Waals surface area contributed by atoms with E-state index in [4.69, 9.17) is 19.2 Å². The number of methoxy groups -OCH3 is 3. The molecule has 0 fully saturated rings. The van der Waals surface area contributed by atoms with Crippen LogP contribution < -0.4 is 14.2 Å². The highest BCUT2D eigenvalue weighted by Crippen LogP contribution is 2.51. The summed E-state index contributed by atoms with van der Waals surface area (Å²) in [6.07, 6.45) is 5.36.